The maximum Gasteiger partial charge on any atom is 0.409 e. The van der Waals surface area contributed by atoms with Crippen molar-refractivity contribution in [2.45, 2.75) is 32.9 Å². The summed E-state index contributed by atoms with van der Waals surface area (Å²) >= 11 is 0. The van der Waals surface area contributed by atoms with Gasteiger partial charge in [0.15, 0.2) is 0 Å². The first kappa shape index (κ1) is 18.9. The standard InChI is InChI=1S/C19H25N5O3/c1-2-27-19(26)23-9-3-4-17(12-23)18(25)21-10-15-5-7-16(8-6-15)11-24-14-20-13-22-24/h5-8,13-14,17H,2-4,9-12H2,1H3,(H,21,25). The van der Waals surface area contributed by atoms with Crippen molar-refractivity contribution < 1.29 is 14.3 Å². The molecule has 1 aliphatic heterocycles. The van der Waals surface area contributed by atoms with E-state index in [9.17, 15) is 9.59 Å². The fourth-order valence-electron chi connectivity index (χ4n) is 3.17. The van der Waals surface area contributed by atoms with Crippen molar-refractivity contribution in [3.8, 4) is 0 Å². The molecule has 0 radical (unpaired) electrons. The average molecular weight is 371 g/mol. The quantitative estimate of drug-likeness (QED) is 0.836. The van der Waals surface area contributed by atoms with E-state index < -0.39 is 0 Å². The lowest BCUT2D eigenvalue weighted by molar-refractivity contribution is -0.126. The van der Waals surface area contributed by atoms with E-state index in [0.29, 0.717) is 32.8 Å². The number of amides is 2. The summed E-state index contributed by atoms with van der Waals surface area (Å²) in [6.45, 7) is 4.33. The number of ether oxygens (including phenoxy) is 1. The maximum absolute atomic E-state index is 12.5. The largest absolute Gasteiger partial charge is 0.450 e. The first-order valence-electron chi connectivity index (χ1n) is 9.25. The third-order valence-electron chi connectivity index (χ3n) is 4.62. The lowest BCUT2D eigenvalue weighted by atomic mass is 9.97. The zero-order chi connectivity index (χ0) is 19.1. The highest BCUT2D eigenvalue weighted by Crippen LogP contribution is 2.17. The van der Waals surface area contributed by atoms with E-state index in [1.807, 2.05) is 24.3 Å². The van der Waals surface area contributed by atoms with Gasteiger partial charge >= 0.3 is 6.09 Å². The monoisotopic (exact) mass is 371 g/mol. The number of rotatable bonds is 6. The molecule has 27 heavy (non-hydrogen) atoms. The summed E-state index contributed by atoms with van der Waals surface area (Å²) in [5.74, 6) is -0.203. The van der Waals surface area contributed by atoms with Crippen molar-refractivity contribution in [3.05, 3.63) is 48.0 Å². The van der Waals surface area contributed by atoms with Crippen LogP contribution in [0.4, 0.5) is 4.79 Å². The Morgan fingerprint density at radius 3 is 2.74 bits per heavy atom. The smallest absolute Gasteiger partial charge is 0.409 e. The molecule has 144 valence electrons. The zero-order valence-electron chi connectivity index (χ0n) is 15.5. The number of nitrogens with zero attached hydrogens (tertiary/aromatic N) is 4. The first-order valence-corrected chi connectivity index (χ1v) is 9.25. The number of benzene rings is 1. The van der Waals surface area contributed by atoms with Crippen LogP contribution in [0.3, 0.4) is 0 Å². The van der Waals surface area contributed by atoms with Gasteiger partial charge in [0.05, 0.1) is 19.1 Å². The third-order valence-corrected chi connectivity index (χ3v) is 4.62. The van der Waals surface area contributed by atoms with E-state index >= 15 is 0 Å². The highest BCUT2D eigenvalue weighted by molar-refractivity contribution is 5.80. The SMILES string of the molecule is CCOC(=O)N1CCCC(C(=O)NCc2ccc(Cn3cncn3)cc2)C1. The van der Waals surface area contributed by atoms with Crippen LogP contribution in [0.1, 0.15) is 30.9 Å². The zero-order valence-corrected chi connectivity index (χ0v) is 15.5. The van der Waals surface area contributed by atoms with Crippen LogP contribution in [0.15, 0.2) is 36.9 Å². The Balaban J connectivity index is 1.47. The number of nitrogens with one attached hydrogen (secondary N) is 1. The van der Waals surface area contributed by atoms with Crippen molar-refractivity contribution >= 4 is 12.0 Å². The van der Waals surface area contributed by atoms with Gasteiger partial charge in [-0.1, -0.05) is 24.3 Å². The number of aromatic nitrogens is 3. The van der Waals surface area contributed by atoms with E-state index in [0.717, 1.165) is 24.0 Å². The molecule has 3 rings (SSSR count). The number of hydrogen-bond acceptors (Lipinski definition) is 5. The summed E-state index contributed by atoms with van der Waals surface area (Å²) in [4.78, 5) is 29.9. The highest BCUT2D eigenvalue weighted by atomic mass is 16.6. The molecule has 1 aromatic heterocycles. The fourth-order valence-corrected chi connectivity index (χ4v) is 3.17. The molecule has 0 bridgehead atoms. The van der Waals surface area contributed by atoms with E-state index in [4.69, 9.17) is 4.74 Å². The molecule has 8 nitrogen and oxygen atoms in total. The molecule has 1 atom stereocenters. The summed E-state index contributed by atoms with van der Waals surface area (Å²) < 4.78 is 6.79. The molecular formula is C19H25N5O3. The molecule has 1 unspecified atom stereocenters. The Morgan fingerprint density at radius 2 is 2.04 bits per heavy atom. The lowest BCUT2D eigenvalue weighted by Crippen LogP contribution is -2.45. The van der Waals surface area contributed by atoms with Crippen LogP contribution in [-0.4, -0.2) is 51.4 Å². The van der Waals surface area contributed by atoms with Gasteiger partial charge in [0.25, 0.3) is 0 Å². The molecule has 1 aromatic carbocycles. The van der Waals surface area contributed by atoms with Crippen molar-refractivity contribution in [3.63, 3.8) is 0 Å². The second-order valence-electron chi connectivity index (χ2n) is 6.61. The van der Waals surface area contributed by atoms with Gasteiger partial charge in [0.2, 0.25) is 5.91 Å². The lowest BCUT2D eigenvalue weighted by Gasteiger charge is -2.31. The van der Waals surface area contributed by atoms with Gasteiger partial charge in [0, 0.05) is 19.6 Å². The van der Waals surface area contributed by atoms with Crippen LogP contribution in [0, 0.1) is 5.92 Å². The fraction of sp³-hybridized carbons (Fsp3) is 0.474. The van der Waals surface area contributed by atoms with E-state index in [-0.39, 0.29) is 17.9 Å². The molecule has 2 aromatic rings. The van der Waals surface area contributed by atoms with Crippen LogP contribution in [0.2, 0.25) is 0 Å². The van der Waals surface area contributed by atoms with Gasteiger partial charge in [0.1, 0.15) is 12.7 Å². The second kappa shape index (κ2) is 9.16. The molecule has 0 aliphatic carbocycles. The van der Waals surface area contributed by atoms with Crippen LogP contribution in [0.25, 0.3) is 0 Å². The molecule has 1 saturated heterocycles. The summed E-state index contributed by atoms with van der Waals surface area (Å²) in [5.41, 5.74) is 2.15. The molecule has 1 aliphatic rings. The maximum atomic E-state index is 12.5. The van der Waals surface area contributed by atoms with Gasteiger partial charge in [-0.15, -0.1) is 0 Å². The molecule has 2 heterocycles. The minimum atomic E-state index is -0.335. The van der Waals surface area contributed by atoms with Crippen LogP contribution in [-0.2, 0) is 22.6 Å². The summed E-state index contributed by atoms with van der Waals surface area (Å²) in [7, 11) is 0. The number of carbonyl (C=O) groups excluding carboxylic acids is 2. The normalized spacial score (nSPS) is 16.8. The average Bonchev–Trinajstić information content (AvgIpc) is 3.20. The summed E-state index contributed by atoms with van der Waals surface area (Å²) in [5, 5.41) is 7.07. The minimum absolute atomic E-state index is 0.0179. The van der Waals surface area contributed by atoms with Crippen molar-refractivity contribution in [1.29, 1.82) is 0 Å². The molecule has 1 N–H and O–H groups in total. The minimum Gasteiger partial charge on any atom is -0.450 e. The Labute approximate surface area is 158 Å². The number of piperidine rings is 1. The number of likely N-dealkylation sites (tertiary alicyclic amines) is 1. The molecule has 8 heteroatoms. The van der Waals surface area contributed by atoms with E-state index in [2.05, 4.69) is 15.4 Å². The van der Waals surface area contributed by atoms with E-state index in [1.165, 1.54) is 6.33 Å². The van der Waals surface area contributed by atoms with Gasteiger partial charge < -0.3 is 15.0 Å². The van der Waals surface area contributed by atoms with Crippen molar-refractivity contribution in [1.82, 2.24) is 25.0 Å². The van der Waals surface area contributed by atoms with Gasteiger partial charge in [-0.2, -0.15) is 5.10 Å². The number of carbonyl (C=O) groups is 2. The third kappa shape index (κ3) is 5.29. The van der Waals surface area contributed by atoms with Crippen molar-refractivity contribution in [2.75, 3.05) is 19.7 Å². The van der Waals surface area contributed by atoms with Crippen LogP contribution < -0.4 is 5.32 Å². The molecule has 2 amide bonds. The first-order chi connectivity index (χ1) is 13.2. The predicted molar refractivity (Wildman–Crippen MR) is 98.7 cm³/mol. The van der Waals surface area contributed by atoms with E-state index in [1.54, 1.807) is 22.8 Å². The predicted octanol–water partition coefficient (Wildman–Crippen LogP) is 1.81. The van der Waals surface area contributed by atoms with Gasteiger partial charge in [-0.3, -0.25) is 4.79 Å². The molecule has 1 fully saturated rings. The summed E-state index contributed by atoms with van der Waals surface area (Å²) in [6.07, 6.45) is 4.46. The van der Waals surface area contributed by atoms with Crippen LogP contribution in [0.5, 0.6) is 0 Å². The Hall–Kier alpha value is -2.90. The van der Waals surface area contributed by atoms with Crippen LogP contribution >= 0.6 is 0 Å². The van der Waals surface area contributed by atoms with Gasteiger partial charge in [-0.05, 0) is 30.9 Å². The molecular weight excluding hydrogens is 346 g/mol. The van der Waals surface area contributed by atoms with Crippen molar-refractivity contribution in [2.24, 2.45) is 5.92 Å². The highest BCUT2D eigenvalue weighted by Gasteiger charge is 2.28. The summed E-state index contributed by atoms with van der Waals surface area (Å²) in [6, 6.07) is 8.04. The Bertz CT molecular complexity index is 745. The second-order valence-corrected chi connectivity index (χ2v) is 6.61. The molecule has 0 spiro atoms. The number of hydrogen-bond donors (Lipinski definition) is 1. The Kier molecular flexibility index (Phi) is 6.40. The molecule has 0 saturated carbocycles. The van der Waals surface area contributed by atoms with Gasteiger partial charge in [-0.25, -0.2) is 14.5 Å². The Morgan fingerprint density at radius 1 is 1.26 bits per heavy atom. The topological polar surface area (TPSA) is 89.4 Å².